The van der Waals surface area contributed by atoms with E-state index in [0.717, 1.165) is 24.8 Å². The van der Waals surface area contributed by atoms with Crippen LogP contribution in [0.15, 0.2) is 36.4 Å². The number of halogens is 2. The van der Waals surface area contributed by atoms with E-state index in [4.69, 9.17) is 37.4 Å². The second kappa shape index (κ2) is 12.4. The SMILES string of the molecule is CCCCCOc1c(Cl)cc(C(=O)N[C@@H](Cc2ccccc2)C(=O)OC)c(OC)c1Cl. The highest BCUT2D eigenvalue weighted by molar-refractivity contribution is 6.39. The zero-order chi connectivity index (χ0) is 22.8. The maximum atomic E-state index is 13.0. The lowest BCUT2D eigenvalue weighted by atomic mass is 10.1. The van der Waals surface area contributed by atoms with E-state index in [1.54, 1.807) is 0 Å². The van der Waals surface area contributed by atoms with Crippen LogP contribution in [0.4, 0.5) is 0 Å². The van der Waals surface area contributed by atoms with Crippen molar-refractivity contribution in [2.24, 2.45) is 0 Å². The van der Waals surface area contributed by atoms with E-state index in [1.165, 1.54) is 20.3 Å². The normalized spacial score (nSPS) is 11.5. The predicted octanol–water partition coefficient (Wildman–Crippen LogP) is 5.09. The number of methoxy groups -OCH3 is 2. The highest BCUT2D eigenvalue weighted by Crippen LogP contribution is 2.42. The van der Waals surface area contributed by atoms with Crippen LogP contribution in [0.5, 0.6) is 11.5 Å². The molecule has 0 spiro atoms. The van der Waals surface area contributed by atoms with Crippen molar-refractivity contribution >= 4 is 35.1 Å². The van der Waals surface area contributed by atoms with Gasteiger partial charge >= 0.3 is 5.97 Å². The van der Waals surface area contributed by atoms with Gasteiger partial charge in [0.2, 0.25) is 0 Å². The number of rotatable bonds is 11. The molecule has 2 rings (SSSR count). The highest BCUT2D eigenvalue weighted by atomic mass is 35.5. The molecule has 0 aliphatic rings. The van der Waals surface area contributed by atoms with Gasteiger partial charge in [-0.3, -0.25) is 4.79 Å². The van der Waals surface area contributed by atoms with Crippen LogP contribution < -0.4 is 14.8 Å². The Morgan fingerprint density at radius 2 is 1.77 bits per heavy atom. The molecular weight excluding hydrogens is 441 g/mol. The highest BCUT2D eigenvalue weighted by Gasteiger charge is 2.27. The van der Waals surface area contributed by atoms with Gasteiger partial charge in [-0.2, -0.15) is 0 Å². The summed E-state index contributed by atoms with van der Waals surface area (Å²) in [5.41, 5.74) is 0.970. The molecule has 0 aliphatic heterocycles. The molecule has 0 saturated heterocycles. The monoisotopic (exact) mass is 467 g/mol. The second-order valence-corrected chi connectivity index (χ2v) is 7.66. The lowest BCUT2D eigenvalue weighted by Gasteiger charge is -2.19. The molecule has 0 heterocycles. The number of unbranched alkanes of at least 4 members (excludes halogenated alkanes) is 2. The number of carbonyl (C=O) groups is 2. The van der Waals surface area contributed by atoms with Crippen LogP contribution in [0.25, 0.3) is 0 Å². The summed E-state index contributed by atoms with van der Waals surface area (Å²) in [6.07, 6.45) is 3.19. The average Bonchev–Trinajstić information content (AvgIpc) is 2.77. The summed E-state index contributed by atoms with van der Waals surface area (Å²) in [5, 5.41) is 2.98. The van der Waals surface area contributed by atoms with Gasteiger partial charge in [-0.25, -0.2) is 4.79 Å². The van der Waals surface area contributed by atoms with E-state index >= 15 is 0 Å². The Morgan fingerprint density at radius 3 is 2.39 bits per heavy atom. The molecule has 1 amide bonds. The molecule has 0 unspecified atom stereocenters. The van der Waals surface area contributed by atoms with E-state index in [-0.39, 0.29) is 33.5 Å². The molecule has 1 atom stereocenters. The Morgan fingerprint density at radius 1 is 1.06 bits per heavy atom. The average molecular weight is 468 g/mol. The van der Waals surface area contributed by atoms with Crippen LogP contribution in [0.3, 0.4) is 0 Å². The van der Waals surface area contributed by atoms with Gasteiger partial charge in [0.25, 0.3) is 5.91 Å². The van der Waals surface area contributed by atoms with Gasteiger partial charge in [0.1, 0.15) is 11.1 Å². The standard InChI is InChI=1S/C23H27Cl2NO5/c1-4-5-9-12-31-21-17(24)14-16(20(29-2)19(21)25)22(27)26-18(23(28)30-3)13-15-10-7-6-8-11-15/h6-8,10-11,14,18H,4-5,9,12-13H2,1-3H3,(H,26,27)/t18-/m0/s1. The Kier molecular flexibility index (Phi) is 9.95. The van der Waals surface area contributed by atoms with Crippen molar-refractivity contribution in [3.8, 4) is 11.5 Å². The minimum Gasteiger partial charge on any atom is -0.494 e. The number of ether oxygens (including phenoxy) is 3. The summed E-state index contributed by atoms with van der Waals surface area (Å²) in [4.78, 5) is 25.3. The molecule has 0 bridgehead atoms. The van der Waals surface area contributed by atoms with Gasteiger partial charge in [-0.15, -0.1) is 0 Å². The molecule has 31 heavy (non-hydrogen) atoms. The first-order chi connectivity index (χ1) is 14.9. The van der Waals surface area contributed by atoms with E-state index in [1.807, 2.05) is 30.3 Å². The Labute approximate surface area is 192 Å². The van der Waals surface area contributed by atoms with Crippen molar-refractivity contribution < 1.29 is 23.8 Å². The van der Waals surface area contributed by atoms with Crippen molar-refractivity contribution in [1.29, 1.82) is 0 Å². The fourth-order valence-electron chi connectivity index (χ4n) is 3.03. The first-order valence-electron chi connectivity index (χ1n) is 10.0. The number of benzene rings is 2. The maximum absolute atomic E-state index is 13.0. The van der Waals surface area contributed by atoms with E-state index in [2.05, 4.69) is 12.2 Å². The van der Waals surface area contributed by atoms with Crippen molar-refractivity contribution in [1.82, 2.24) is 5.32 Å². The summed E-state index contributed by atoms with van der Waals surface area (Å²) >= 11 is 12.8. The quantitative estimate of drug-likeness (QED) is 0.368. The fourth-order valence-corrected chi connectivity index (χ4v) is 3.67. The third-order valence-corrected chi connectivity index (χ3v) is 5.27. The van der Waals surface area contributed by atoms with Crippen LogP contribution in [0, 0.1) is 0 Å². The Bertz CT molecular complexity index is 889. The number of carbonyl (C=O) groups excluding carboxylic acids is 2. The molecule has 2 aromatic rings. The van der Waals surface area contributed by atoms with Gasteiger partial charge < -0.3 is 19.5 Å². The number of hydrogen-bond acceptors (Lipinski definition) is 5. The van der Waals surface area contributed by atoms with Crippen LogP contribution in [0.1, 0.15) is 42.1 Å². The summed E-state index contributed by atoms with van der Waals surface area (Å²) in [6.45, 7) is 2.54. The summed E-state index contributed by atoms with van der Waals surface area (Å²) in [7, 11) is 2.67. The van der Waals surface area contributed by atoms with Crippen molar-refractivity contribution in [3.63, 3.8) is 0 Å². The first kappa shape index (κ1) is 24.8. The maximum Gasteiger partial charge on any atom is 0.328 e. The zero-order valence-corrected chi connectivity index (χ0v) is 19.4. The van der Waals surface area contributed by atoms with Crippen molar-refractivity contribution in [3.05, 3.63) is 57.6 Å². The smallest absolute Gasteiger partial charge is 0.328 e. The van der Waals surface area contributed by atoms with E-state index in [0.29, 0.717) is 6.61 Å². The van der Waals surface area contributed by atoms with Crippen LogP contribution >= 0.6 is 23.2 Å². The summed E-state index contributed by atoms with van der Waals surface area (Å²) < 4.78 is 15.9. The van der Waals surface area contributed by atoms with Gasteiger partial charge in [-0.1, -0.05) is 73.3 Å². The van der Waals surface area contributed by atoms with Crippen LogP contribution in [-0.2, 0) is 16.0 Å². The van der Waals surface area contributed by atoms with E-state index < -0.39 is 17.9 Å². The molecule has 0 aliphatic carbocycles. The topological polar surface area (TPSA) is 73.9 Å². The molecule has 0 fully saturated rings. The lowest BCUT2D eigenvalue weighted by Crippen LogP contribution is -2.43. The van der Waals surface area contributed by atoms with Gasteiger partial charge in [-0.05, 0) is 18.1 Å². The van der Waals surface area contributed by atoms with Gasteiger partial charge in [0, 0.05) is 6.42 Å². The third-order valence-electron chi connectivity index (χ3n) is 4.65. The third kappa shape index (κ3) is 6.77. The largest absolute Gasteiger partial charge is 0.494 e. The fraction of sp³-hybridized carbons (Fsp3) is 0.391. The Balaban J connectivity index is 2.26. The van der Waals surface area contributed by atoms with Gasteiger partial charge in [0.15, 0.2) is 11.5 Å². The Hall–Kier alpha value is -2.44. The first-order valence-corrected chi connectivity index (χ1v) is 10.8. The molecular formula is C23H27Cl2NO5. The second-order valence-electron chi connectivity index (χ2n) is 6.88. The molecule has 0 radical (unpaired) electrons. The molecule has 0 aromatic heterocycles. The summed E-state index contributed by atoms with van der Waals surface area (Å²) in [6, 6.07) is 9.83. The molecule has 2 aromatic carbocycles. The lowest BCUT2D eigenvalue weighted by molar-refractivity contribution is -0.142. The molecule has 0 saturated carbocycles. The number of esters is 1. The number of hydrogen-bond donors (Lipinski definition) is 1. The van der Waals surface area contributed by atoms with Crippen molar-refractivity contribution in [2.45, 2.75) is 38.6 Å². The van der Waals surface area contributed by atoms with Crippen LogP contribution in [-0.4, -0.2) is 38.7 Å². The molecule has 8 heteroatoms. The zero-order valence-electron chi connectivity index (χ0n) is 17.9. The minimum atomic E-state index is -0.896. The minimum absolute atomic E-state index is 0.0976. The number of amides is 1. The number of nitrogens with one attached hydrogen (secondary N) is 1. The van der Waals surface area contributed by atoms with Gasteiger partial charge in [0.05, 0.1) is 31.4 Å². The molecule has 168 valence electrons. The molecule has 1 N–H and O–H groups in total. The van der Waals surface area contributed by atoms with E-state index in [9.17, 15) is 9.59 Å². The molecule has 6 nitrogen and oxygen atoms in total. The van der Waals surface area contributed by atoms with Crippen LogP contribution in [0.2, 0.25) is 10.0 Å². The van der Waals surface area contributed by atoms with Crippen molar-refractivity contribution in [2.75, 3.05) is 20.8 Å². The predicted molar refractivity (Wildman–Crippen MR) is 121 cm³/mol. The summed E-state index contributed by atoms with van der Waals surface area (Å²) in [5.74, 6) is -0.743.